The normalized spacial score (nSPS) is 11.5. The Morgan fingerprint density at radius 3 is 2.38 bits per heavy atom. The summed E-state index contributed by atoms with van der Waals surface area (Å²) < 4.78 is 33.1. The summed E-state index contributed by atoms with van der Waals surface area (Å²) in [5, 5.41) is 0. The zero-order valence-electron chi connectivity index (χ0n) is 13.2. The van der Waals surface area contributed by atoms with Crippen LogP contribution in [0, 0.1) is 10.6 Å². The van der Waals surface area contributed by atoms with Gasteiger partial charge in [0.25, 0.3) is 10.0 Å². The molecule has 4 nitrogen and oxygen atoms in total. The maximum atomic E-state index is 12.9. The van der Waals surface area contributed by atoms with Crippen LogP contribution in [0.2, 0.25) is 0 Å². The number of hydrogen-bond donors (Lipinski definition) is 0. The third kappa shape index (κ3) is 3.08. The van der Waals surface area contributed by atoms with Crippen molar-refractivity contribution in [3.05, 3.63) is 70.1 Å². The number of hydrogen-bond acceptors (Lipinski definition) is 3. The summed E-state index contributed by atoms with van der Waals surface area (Å²) in [6.07, 6.45) is 1.63. The smallest absolute Gasteiger partial charge is 0.268 e. The first-order valence-electron chi connectivity index (χ1n) is 7.27. The van der Waals surface area contributed by atoms with Crippen LogP contribution in [0.5, 0.6) is 5.75 Å². The molecule has 0 amide bonds. The summed E-state index contributed by atoms with van der Waals surface area (Å²) in [6.45, 7) is 1.93. The van der Waals surface area contributed by atoms with Gasteiger partial charge in [-0.2, -0.15) is 0 Å². The lowest BCUT2D eigenvalue weighted by molar-refractivity contribution is 0.416. The molecule has 0 radical (unpaired) electrons. The molecule has 1 heterocycles. The van der Waals surface area contributed by atoms with Gasteiger partial charge in [0.2, 0.25) is 0 Å². The van der Waals surface area contributed by atoms with E-state index in [0.29, 0.717) is 9.45 Å². The maximum Gasteiger partial charge on any atom is 0.268 e. The molecule has 0 N–H and O–H groups in total. The maximum absolute atomic E-state index is 12.9. The van der Waals surface area contributed by atoms with Crippen LogP contribution in [-0.2, 0) is 10.0 Å². The Balaban J connectivity index is 2.11. The minimum Gasteiger partial charge on any atom is -0.496 e. The van der Waals surface area contributed by atoms with Crippen molar-refractivity contribution < 1.29 is 13.2 Å². The van der Waals surface area contributed by atoms with E-state index < -0.39 is 10.0 Å². The van der Waals surface area contributed by atoms with Gasteiger partial charge in [0.05, 0.1) is 15.7 Å². The fraction of sp³-hybridized carbons (Fsp3) is 0.111. The van der Waals surface area contributed by atoms with E-state index in [-0.39, 0.29) is 4.90 Å². The molecule has 24 heavy (non-hydrogen) atoms. The van der Waals surface area contributed by atoms with Gasteiger partial charge in [-0.3, -0.25) is 0 Å². The lowest BCUT2D eigenvalue weighted by Gasteiger charge is -2.08. The molecule has 0 saturated carbocycles. The summed E-state index contributed by atoms with van der Waals surface area (Å²) in [6, 6.07) is 16.2. The number of aryl methyl sites for hydroxylation is 1. The van der Waals surface area contributed by atoms with Crippen molar-refractivity contribution >= 4 is 32.6 Å². The minimum absolute atomic E-state index is 0.271. The van der Waals surface area contributed by atoms with Crippen LogP contribution in [0.3, 0.4) is 0 Å². The largest absolute Gasteiger partial charge is 0.496 e. The number of halogens is 1. The van der Waals surface area contributed by atoms with Gasteiger partial charge in [-0.15, -0.1) is 0 Å². The summed E-state index contributed by atoms with van der Waals surface area (Å²) in [4.78, 5) is 0.271. The molecule has 1 aromatic heterocycles. The van der Waals surface area contributed by atoms with Crippen molar-refractivity contribution in [2.45, 2.75) is 11.8 Å². The lowest BCUT2D eigenvalue weighted by Crippen LogP contribution is -2.13. The molecule has 6 heteroatoms. The van der Waals surface area contributed by atoms with Crippen molar-refractivity contribution in [2.24, 2.45) is 0 Å². The Bertz CT molecular complexity index is 976. The number of nitrogens with zero attached hydrogens (tertiary/aromatic N) is 1. The summed E-state index contributed by atoms with van der Waals surface area (Å²) in [7, 11) is -2.02. The van der Waals surface area contributed by atoms with E-state index in [0.717, 1.165) is 16.7 Å². The number of para-hydroxylation sites is 1. The van der Waals surface area contributed by atoms with Crippen LogP contribution < -0.4 is 4.74 Å². The van der Waals surface area contributed by atoms with Crippen molar-refractivity contribution in [3.8, 4) is 16.9 Å². The van der Waals surface area contributed by atoms with Gasteiger partial charge < -0.3 is 4.74 Å². The quantitative estimate of drug-likeness (QED) is 0.554. The SMILES string of the molecule is COc1ccccc1-c1cc(I)n(S(=O)(=O)c2ccc(C)cc2)c1. The topological polar surface area (TPSA) is 48.3 Å². The van der Waals surface area contributed by atoms with Crippen LogP contribution in [-0.4, -0.2) is 19.5 Å². The summed E-state index contributed by atoms with van der Waals surface area (Å²) in [5.74, 6) is 0.707. The highest BCUT2D eigenvalue weighted by Crippen LogP contribution is 2.32. The lowest BCUT2D eigenvalue weighted by atomic mass is 10.1. The van der Waals surface area contributed by atoms with E-state index in [1.165, 1.54) is 3.97 Å². The van der Waals surface area contributed by atoms with Crippen LogP contribution in [0.4, 0.5) is 0 Å². The molecule has 0 aliphatic heterocycles. The first kappa shape index (κ1) is 17.0. The molecule has 124 valence electrons. The molecule has 2 aromatic carbocycles. The molecule has 0 aliphatic rings. The Labute approximate surface area is 155 Å². The predicted molar refractivity (Wildman–Crippen MR) is 103 cm³/mol. The van der Waals surface area contributed by atoms with Gasteiger partial charge in [-0.1, -0.05) is 35.9 Å². The second kappa shape index (κ2) is 6.60. The molecule has 0 fully saturated rings. The first-order chi connectivity index (χ1) is 11.4. The van der Waals surface area contributed by atoms with E-state index in [1.54, 1.807) is 37.6 Å². The molecular weight excluding hydrogens is 437 g/mol. The molecule has 0 atom stereocenters. The van der Waals surface area contributed by atoms with E-state index in [9.17, 15) is 8.42 Å². The third-order valence-corrected chi connectivity index (χ3v) is 6.58. The molecule has 0 saturated heterocycles. The summed E-state index contributed by atoms with van der Waals surface area (Å²) in [5.41, 5.74) is 2.68. The van der Waals surface area contributed by atoms with Gasteiger partial charge in [0, 0.05) is 17.3 Å². The second-order valence-electron chi connectivity index (χ2n) is 5.37. The van der Waals surface area contributed by atoms with E-state index in [4.69, 9.17) is 4.74 Å². The Hall–Kier alpha value is -1.80. The molecule has 0 unspecified atom stereocenters. The highest BCUT2D eigenvalue weighted by molar-refractivity contribution is 14.1. The highest BCUT2D eigenvalue weighted by atomic mass is 127. The molecular formula is C18H16INO3S. The van der Waals surface area contributed by atoms with Gasteiger partial charge in [0.1, 0.15) is 5.75 Å². The van der Waals surface area contributed by atoms with Gasteiger partial charge in [0.15, 0.2) is 0 Å². The zero-order chi connectivity index (χ0) is 17.3. The fourth-order valence-electron chi connectivity index (χ4n) is 2.46. The second-order valence-corrected chi connectivity index (χ2v) is 8.29. The Kier molecular flexibility index (Phi) is 4.69. The van der Waals surface area contributed by atoms with E-state index >= 15 is 0 Å². The van der Waals surface area contributed by atoms with E-state index in [1.807, 2.05) is 59.8 Å². The molecule has 0 spiro atoms. The number of methoxy groups -OCH3 is 1. The van der Waals surface area contributed by atoms with Crippen LogP contribution in [0.1, 0.15) is 5.56 Å². The van der Waals surface area contributed by atoms with Crippen molar-refractivity contribution in [3.63, 3.8) is 0 Å². The highest BCUT2D eigenvalue weighted by Gasteiger charge is 2.21. The third-order valence-electron chi connectivity index (χ3n) is 3.74. The average molecular weight is 453 g/mol. The Morgan fingerprint density at radius 1 is 1.04 bits per heavy atom. The van der Waals surface area contributed by atoms with Crippen LogP contribution >= 0.6 is 22.6 Å². The van der Waals surface area contributed by atoms with Gasteiger partial charge in [-0.05, 0) is 53.8 Å². The van der Waals surface area contributed by atoms with Crippen molar-refractivity contribution in [2.75, 3.05) is 7.11 Å². The predicted octanol–water partition coefficient (Wildman–Crippen LogP) is 4.31. The molecule has 3 rings (SSSR count). The first-order valence-corrected chi connectivity index (χ1v) is 9.79. The summed E-state index contributed by atoms with van der Waals surface area (Å²) >= 11 is 2.03. The number of benzene rings is 2. The zero-order valence-corrected chi connectivity index (χ0v) is 16.2. The molecule has 0 bridgehead atoms. The average Bonchev–Trinajstić information content (AvgIpc) is 2.97. The van der Waals surface area contributed by atoms with E-state index in [2.05, 4.69) is 0 Å². The molecule has 3 aromatic rings. The standard InChI is InChI=1S/C18H16INO3S/c1-13-7-9-15(10-8-13)24(21,22)20-12-14(11-18(20)19)16-5-3-4-6-17(16)23-2/h3-12H,1-2H3. The fourth-order valence-corrected chi connectivity index (χ4v) is 4.95. The van der Waals surface area contributed by atoms with Crippen molar-refractivity contribution in [1.29, 1.82) is 0 Å². The Morgan fingerprint density at radius 2 is 1.71 bits per heavy atom. The van der Waals surface area contributed by atoms with Gasteiger partial charge in [-0.25, -0.2) is 12.4 Å². The van der Waals surface area contributed by atoms with Gasteiger partial charge >= 0.3 is 0 Å². The minimum atomic E-state index is -3.62. The number of aromatic nitrogens is 1. The van der Waals surface area contributed by atoms with Crippen LogP contribution in [0.15, 0.2) is 65.7 Å². The molecule has 0 aliphatic carbocycles. The monoisotopic (exact) mass is 453 g/mol. The van der Waals surface area contributed by atoms with Crippen LogP contribution in [0.25, 0.3) is 11.1 Å². The van der Waals surface area contributed by atoms with Crippen molar-refractivity contribution in [1.82, 2.24) is 3.97 Å². The number of rotatable bonds is 4. The number of ether oxygens (including phenoxy) is 1.